The van der Waals surface area contributed by atoms with E-state index in [4.69, 9.17) is 5.11 Å². The molecule has 1 aliphatic carbocycles. The Morgan fingerprint density at radius 3 is 2.95 bits per heavy atom. The molecule has 0 saturated heterocycles. The summed E-state index contributed by atoms with van der Waals surface area (Å²) in [5, 5.41) is 22.9. The summed E-state index contributed by atoms with van der Waals surface area (Å²) < 4.78 is 0. The van der Waals surface area contributed by atoms with Crippen molar-refractivity contribution in [3.05, 3.63) is 36.0 Å². The molecule has 1 aromatic heterocycles. The number of aromatic nitrogens is 1. The van der Waals surface area contributed by atoms with Gasteiger partial charge in [-0.25, -0.2) is 0 Å². The van der Waals surface area contributed by atoms with Crippen molar-refractivity contribution < 1.29 is 15.0 Å². The third-order valence-corrected chi connectivity index (χ3v) is 4.04. The molecule has 0 bridgehead atoms. The molecular formula is C15H18N2O3. The Kier molecular flexibility index (Phi) is 3.46. The van der Waals surface area contributed by atoms with Gasteiger partial charge in [0.1, 0.15) is 0 Å². The van der Waals surface area contributed by atoms with Gasteiger partial charge in [0.05, 0.1) is 6.10 Å². The first kappa shape index (κ1) is 13.1. The highest BCUT2D eigenvalue weighted by molar-refractivity contribution is 5.98. The van der Waals surface area contributed by atoms with Crippen LogP contribution in [-0.4, -0.2) is 39.9 Å². The van der Waals surface area contributed by atoms with Gasteiger partial charge in [-0.15, -0.1) is 0 Å². The number of carbonyl (C=O) groups excluding carboxylic acids is 1. The number of aromatic amines is 1. The van der Waals surface area contributed by atoms with Gasteiger partial charge >= 0.3 is 0 Å². The van der Waals surface area contributed by atoms with Crippen molar-refractivity contribution in [2.75, 3.05) is 6.61 Å². The molecule has 5 heteroatoms. The van der Waals surface area contributed by atoms with Crippen LogP contribution in [-0.2, 0) is 0 Å². The number of H-pyrrole nitrogens is 1. The largest absolute Gasteiger partial charge is 0.396 e. The van der Waals surface area contributed by atoms with Gasteiger partial charge in [-0.2, -0.15) is 0 Å². The van der Waals surface area contributed by atoms with Gasteiger partial charge in [-0.3, -0.25) is 4.79 Å². The minimum absolute atomic E-state index is 0.0397. The molecule has 1 saturated carbocycles. The highest BCUT2D eigenvalue weighted by Gasteiger charge is 2.33. The van der Waals surface area contributed by atoms with Gasteiger partial charge < -0.3 is 20.5 Å². The van der Waals surface area contributed by atoms with E-state index in [1.165, 1.54) is 0 Å². The molecule has 0 unspecified atom stereocenters. The van der Waals surface area contributed by atoms with Crippen LogP contribution in [0.4, 0.5) is 0 Å². The van der Waals surface area contributed by atoms with E-state index in [-0.39, 0.29) is 24.5 Å². The van der Waals surface area contributed by atoms with E-state index in [2.05, 4.69) is 10.3 Å². The number of hydrogen-bond donors (Lipinski definition) is 4. The SMILES string of the molecule is O=C(N[C@H]1C[C@@H](CO)[C@@H](O)C1)c1ccc2cc[nH]c2c1. The molecule has 1 heterocycles. The Morgan fingerprint density at radius 2 is 2.20 bits per heavy atom. The van der Waals surface area contributed by atoms with Crippen LogP contribution in [0.25, 0.3) is 10.9 Å². The first-order valence-electron chi connectivity index (χ1n) is 6.84. The normalized spacial score (nSPS) is 26.0. The molecule has 1 aliphatic rings. The number of fused-ring (bicyclic) bond motifs is 1. The third kappa shape index (κ3) is 2.42. The van der Waals surface area contributed by atoms with Gasteiger partial charge in [0.25, 0.3) is 5.91 Å². The fraction of sp³-hybridized carbons (Fsp3) is 0.400. The molecule has 106 valence electrons. The van der Waals surface area contributed by atoms with Gasteiger partial charge in [0, 0.05) is 35.8 Å². The zero-order valence-electron chi connectivity index (χ0n) is 11.0. The fourth-order valence-electron chi connectivity index (χ4n) is 2.87. The lowest BCUT2D eigenvalue weighted by molar-refractivity contribution is 0.0903. The number of hydrogen-bond acceptors (Lipinski definition) is 3. The number of nitrogens with one attached hydrogen (secondary N) is 2. The summed E-state index contributed by atoms with van der Waals surface area (Å²) in [5.74, 6) is -0.275. The van der Waals surface area contributed by atoms with Crippen LogP contribution in [0, 0.1) is 5.92 Å². The quantitative estimate of drug-likeness (QED) is 0.674. The van der Waals surface area contributed by atoms with Crippen molar-refractivity contribution >= 4 is 16.8 Å². The first-order valence-corrected chi connectivity index (χ1v) is 6.84. The summed E-state index contributed by atoms with van der Waals surface area (Å²) in [6, 6.07) is 7.39. The van der Waals surface area contributed by atoms with Crippen LogP contribution in [0.1, 0.15) is 23.2 Å². The fourth-order valence-corrected chi connectivity index (χ4v) is 2.87. The average Bonchev–Trinajstić information content (AvgIpc) is 3.03. The molecule has 1 amide bonds. The van der Waals surface area contributed by atoms with Crippen molar-refractivity contribution in [3.8, 4) is 0 Å². The number of benzene rings is 1. The number of rotatable bonds is 3. The Labute approximate surface area is 116 Å². The van der Waals surface area contributed by atoms with E-state index >= 15 is 0 Å². The second-order valence-corrected chi connectivity index (χ2v) is 5.43. The highest BCUT2D eigenvalue weighted by Crippen LogP contribution is 2.26. The number of aliphatic hydroxyl groups excluding tert-OH is 2. The molecule has 2 aromatic rings. The Hall–Kier alpha value is -1.85. The van der Waals surface area contributed by atoms with Crippen LogP contribution >= 0.6 is 0 Å². The predicted molar refractivity (Wildman–Crippen MR) is 75.4 cm³/mol. The molecule has 3 atom stereocenters. The van der Waals surface area contributed by atoms with Crippen LogP contribution < -0.4 is 5.32 Å². The molecule has 5 nitrogen and oxygen atoms in total. The molecular weight excluding hydrogens is 256 g/mol. The minimum atomic E-state index is -0.531. The molecule has 3 rings (SSSR count). The van der Waals surface area contributed by atoms with E-state index in [0.717, 1.165) is 10.9 Å². The average molecular weight is 274 g/mol. The second kappa shape index (κ2) is 5.26. The topological polar surface area (TPSA) is 85.3 Å². The lowest BCUT2D eigenvalue weighted by atomic mass is 10.1. The highest BCUT2D eigenvalue weighted by atomic mass is 16.3. The van der Waals surface area contributed by atoms with E-state index in [1.54, 1.807) is 6.07 Å². The van der Waals surface area contributed by atoms with Crippen molar-refractivity contribution in [3.63, 3.8) is 0 Å². The zero-order valence-corrected chi connectivity index (χ0v) is 11.0. The molecule has 0 aliphatic heterocycles. The van der Waals surface area contributed by atoms with Gasteiger partial charge in [0.2, 0.25) is 0 Å². The molecule has 1 aromatic carbocycles. The van der Waals surface area contributed by atoms with Crippen molar-refractivity contribution in [2.24, 2.45) is 5.92 Å². The van der Waals surface area contributed by atoms with Gasteiger partial charge in [-0.05, 0) is 36.4 Å². The van der Waals surface area contributed by atoms with Crippen LogP contribution in [0.3, 0.4) is 0 Å². The summed E-state index contributed by atoms with van der Waals surface area (Å²) in [6.45, 7) is -0.0397. The van der Waals surface area contributed by atoms with Crippen molar-refractivity contribution in [2.45, 2.75) is 25.0 Å². The molecule has 1 fully saturated rings. The Bertz CT molecular complexity index is 622. The second-order valence-electron chi connectivity index (χ2n) is 5.43. The van der Waals surface area contributed by atoms with E-state index in [1.807, 2.05) is 24.4 Å². The molecule has 0 radical (unpaired) electrons. The van der Waals surface area contributed by atoms with Crippen LogP contribution in [0.15, 0.2) is 30.5 Å². The standard InChI is InChI=1S/C15H18N2O3/c18-8-11-5-12(7-14(11)19)17-15(20)10-2-1-9-3-4-16-13(9)6-10/h1-4,6,11-12,14,16,18-19H,5,7-8H2,(H,17,20)/t11-,12-,14-/m0/s1. The van der Waals surface area contributed by atoms with Gasteiger partial charge in [0.15, 0.2) is 0 Å². The molecule has 0 spiro atoms. The lowest BCUT2D eigenvalue weighted by Crippen LogP contribution is -2.33. The maximum Gasteiger partial charge on any atom is 0.251 e. The maximum absolute atomic E-state index is 12.2. The van der Waals surface area contributed by atoms with Crippen molar-refractivity contribution in [1.29, 1.82) is 0 Å². The third-order valence-electron chi connectivity index (χ3n) is 4.04. The van der Waals surface area contributed by atoms with E-state index < -0.39 is 6.10 Å². The maximum atomic E-state index is 12.2. The van der Waals surface area contributed by atoms with E-state index in [9.17, 15) is 9.90 Å². The Morgan fingerprint density at radius 1 is 1.35 bits per heavy atom. The smallest absolute Gasteiger partial charge is 0.251 e. The summed E-state index contributed by atoms with van der Waals surface area (Å²) in [6.07, 6.45) is 2.43. The first-order chi connectivity index (χ1) is 9.67. The van der Waals surface area contributed by atoms with Crippen LogP contribution in [0.5, 0.6) is 0 Å². The summed E-state index contributed by atoms with van der Waals surface area (Å²) in [7, 11) is 0. The lowest BCUT2D eigenvalue weighted by Gasteiger charge is -2.12. The van der Waals surface area contributed by atoms with Gasteiger partial charge in [-0.1, -0.05) is 6.07 Å². The van der Waals surface area contributed by atoms with Crippen molar-refractivity contribution in [1.82, 2.24) is 10.3 Å². The predicted octanol–water partition coefficient (Wildman–Crippen LogP) is 1.03. The van der Waals surface area contributed by atoms with Crippen LogP contribution in [0.2, 0.25) is 0 Å². The molecule has 20 heavy (non-hydrogen) atoms. The number of carbonyl (C=O) groups is 1. The minimum Gasteiger partial charge on any atom is -0.396 e. The number of aliphatic hydroxyl groups is 2. The number of amides is 1. The summed E-state index contributed by atoms with van der Waals surface area (Å²) in [5.41, 5.74) is 1.53. The summed E-state index contributed by atoms with van der Waals surface area (Å²) in [4.78, 5) is 15.3. The monoisotopic (exact) mass is 274 g/mol. The Balaban J connectivity index is 1.70. The summed E-state index contributed by atoms with van der Waals surface area (Å²) >= 11 is 0. The zero-order chi connectivity index (χ0) is 14.1. The van der Waals surface area contributed by atoms with E-state index in [0.29, 0.717) is 18.4 Å². The molecule has 4 N–H and O–H groups in total.